The molecule has 7 heteroatoms. The van der Waals surface area contributed by atoms with Crippen LogP contribution in [-0.4, -0.2) is 21.3 Å². The Morgan fingerprint density at radius 2 is 1.85 bits per heavy atom. The molecule has 0 spiro atoms. The number of nitrogens with one attached hydrogen (secondary N) is 1. The molecule has 0 radical (unpaired) electrons. The Morgan fingerprint density at radius 1 is 1.19 bits per heavy atom. The van der Waals surface area contributed by atoms with Crippen molar-refractivity contribution in [1.29, 1.82) is 0 Å². The van der Waals surface area contributed by atoms with E-state index in [2.05, 4.69) is 12.2 Å². The Bertz CT molecular complexity index is 612. The van der Waals surface area contributed by atoms with Gasteiger partial charge in [0.25, 0.3) is 0 Å². The molecule has 0 bridgehead atoms. The van der Waals surface area contributed by atoms with Gasteiger partial charge in [0.1, 0.15) is 5.60 Å². The fourth-order valence-corrected chi connectivity index (χ4v) is 4.24. The van der Waals surface area contributed by atoms with E-state index >= 15 is 0 Å². The molecule has 0 heterocycles. The van der Waals surface area contributed by atoms with E-state index in [1.54, 1.807) is 0 Å². The second-order valence-electron chi connectivity index (χ2n) is 7.08. The van der Waals surface area contributed by atoms with Crippen LogP contribution in [0, 0.1) is 0 Å². The fraction of sp³-hybridized carbons (Fsp3) is 0.632. The molecule has 1 aromatic rings. The summed E-state index contributed by atoms with van der Waals surface area (Å²) in [7, 11) is -4.66. The molecule has 1 unspecified atom stereocenters. The lowest BCUT2D eigenvalue weighted by atomic mass is 9.72. The van der Waals surface area contributed by atoms with Gasteiger partial charge in [0, 0.05) is 6.42 Å². The van der Waals surface area contributed by atoms with Crippen LogP contribution < -0.4 is 5.32 Å². The summed E-state index contributed by atoms with van der Waals surface area (Å²) in [5.41, 5.74) is -0.238. The minimum absolute atomic E-state index is 0.101. The standard InChI is InChI=1S/C19H30NO5P/c1-2-3-4-5-9-13-17(21)20-18(16-11-7-6-8-12-16)19(14-10-15-19)25-26(22,23)24/h6-8,11-12,18H,2-5,9-10,13-15H2,1H3,(H,20,21)(H2,22,23,24). The van der Waals surface area contributed by atoms with Crippen molar-refractivity contribution < 1.29 is 23.7 Å². The average molecular weight is 383 g/mol. The first-order chi connectivity index (χ1) is 12.4. The van der Waals surface area contributed by atoms with Crippen LogP contribution in [0.3, 0.4) is 0 Å². The first-order valence-corrected chi connectivity index (χ1v) is 11.0. The van der Waals surface area contributed by atoms with Crippen molar-refractivity contribution >= 4 is 13.7 Å². The Kier molecular flexibility index (Phi) is 7.84. The molecule has 1 fully saturated rings. The number of carbonyl (C=O) groups is 1. The van der Waals surface area contributed by atoms with Gasteiger partial charge in [0.05, 0.1) is 6.04 Å². The third-order valence-corrected chi connectivity index (χ3v) is 5.57. The summed E-state index contributed by atoms with van der Waals surface area (Å²) in [6.07, 6.45) is 7.54. The van der Waals surface area contributed by atoms with Crippen LogP contribution in [0.2, 0.25) is 0 Å². The van der Waals surface area contributed by atoms with Crippen LogP contribution in [-0.2, 0) is 13.9 Å². The second-order valence-corrected chi connectivity index (χ2v) is 8.24. The van der Waals surface area contributed by atoms with Crippen LogP contribution in [0.1, 0.15) is 76.3 Å². The first-order valence-electron chi connectivity index (χ1n) is 9.47. The predicted octanol–water partition coefficient (Wildman–Crippen LogP) is 4.24. The number of unbranched alkanes of at least 4 members (excludes halogenated alkanes) is 4. The molecule has 3 N–H and O–H groups in total. The lowest BCUT2D eigenvalue weighted by Gasteiger charge is -2.47. The molecule has 1 saturated carbocycles. The van der Waals surface area contributed by atoms with Gasteiger partial charge >= 0.3 is 7.82 Å². The molecular formula is C19H30NO5P. The summed E-state index contributed by atoms with van der Waals surface area (Å²) in [4.78, 5) is 31.1. The summed E-state index contributed by atoms with van der Waals surface area (Å²) in [6.45, 7) is 2.15. The third-order valence-electron chi connectivity index (χ3n) is 4.97. The fourth-order valence-electron chi connectivity index (χ4n) is 3.48. The van der Waals surface area contributed by atoms with Gasteiger partial charge in [-0.1, -0.05) is 62.9 Å². The van der Waals surface area contributed by atoms with E-state index in [4.69, 9.17) is 4.52 Å². The topological polar surface area (TPSA) is 95.9 Å². The van der Waals surface area contributed by atoms with E-state index in [9.17, 15) is 19.1 Å². The molecule has 0 aromatic heterocycles. The quantitative estimate of drug-likeness (QED) is 0.392. The zero-order valence-electron chi connectivity index (χ0n) is 15.4. The number of carbonyl (C=O) groups excluding carboxylic acids is 1. The van der Waals surface area contributed by atoms with Crippen molar-refractivity contribution in [1.82, 2.24) is 5.32 Å². The monoisotopic (exact) mass is 383 g/mol. The average Bonchev–Trinajstić information content (AvgIpc) is 2.56. The minimum Gasteiger partial charge on any atom is -0.346 e. The number of phosphoric ester groups is 1. The minimum atomic E-state index is -4.66. The van der Waals surface area contributed by atoms with E-state index in [0.29, 0.717) is 19.3 Å². The zero-order chi connectivity index (χ0) is 19.0. The molecule has 0 saturated heterocycles. The number of phosphoric acid groups is 1. The van der Waals surface area contributed by atoms with Crippen LogP contribution in [0.4, 0.5) is 0 Å². The predicted molar refractivity (Wildman–Crippen MR) is 100 cm³/mol. The smallest absolute Gasteiger partial charge is 0.346 e. The van der Waals surface area contributed by atoms with E-state index in [-0.39, 0.29) is 5.91 Å². The summed E-state index contributed by atoms with van der Waals surface area (Å²) in [5, 5.41) is 2.98. The van der Waals surface area contributed by atoms with Crippen LogP contribution in [0.5, 0.6) is 0 Å². The van der Waals surface area contributed by atoms with Gasteiger partial charge < -0.3 is 15.1 Å². The molecule has 1 aliphatic carbocycles. The normalized spacial score (nSPS) is 17.3. The SMILES string of the molecule is CCCCCCCC(=O)NC(c1ccccc1)C1(OP(=O)(O)O)CCC1. The van der Waals surface area contributed by atoms with Crippen molar-refractivity contribution in [3.8, 4) is 0 Å². The molecule has 1 aliphatic rings. The van der Waals surface area contributed by atoms with Crippen molar-refractivity contribution in [2.45, 2.75) is 76.4 Å². The molecule has 26 heavy (non-hydrogen) atoms. The number of hydrogen-bond donors (Lipinski definition) is 3. The number of hydrogen-bond acceptors (Lipinski definition) is 3. The van der Waals surface area contributed by atoms with Gasteiger partial charge in [-0.05, 0) is 31.2 Å². The lowest BCUT2D eigenvalue weighted by Crippen LogP contribution is -2.52. The summed E-state index contributed by atoms with van der Waals surface area (Å²) >= 11 is 0. The molecule has 1 aromatic carbocycles. The Labute approximate surface area is 155 Å². The van der Waals surface area contributed by atoms with Crippen LogP contribution in [0.15, 0.2) is 30.3 Å². The summed E-state index contributed by atoms with van der Waals surface area (Å²) in [6, 6.07) is 8.72. The maximum atomic E-state index is 12.5. The van der Waals surface area contributed by atoms with Gasteiger partial charge in [-0.3, -0.25) is 9.32 Å². The Balaban J connectivity index is 2.07. The highest BCUT2D eigenvalue weighted by molar-refractivity contribution is 7.46. The largest absolute Gasteiger partial charge is 0.470 e. The third kappa shape index (κ3) is 6.20. The molecule has 2 rings (SSSR count). The van der Waals surface area contributed by atoms with Gasteiger partial charge in [-0.15, -0.1) is 0 Å². The van der Waals surface area contributed by atoms with E-state index < -0.39 is 19.5 Å². The highest BCUT2D eigenvalue weighted by atomic mass is 31.2. The molecular weight excluding hydrogens is 353 g/mol. The van der Waals surface area contributed by atoms with Gasteiger partial charge in [0.2, 0.25) is 5.91 Å². The van der Waals surface area contributed by atoms with Crippen molar-refractivity contribution in [3.63, 3.8) is 0 Å². The molecule has 146 valence electrons. The maximum absolute atomic E-state index is 12.5. The van der Waals surface area contributed by atoms with Crippen molar-refractivity contribution in [3.05, 3.63) is 35.9 Å². The van der Waals surface area contributed by atoms with Gasteiger partial charge in [-0.2, -0.15) is 0 Å². The Hall–Kier alpha value is -1.20. The zero-order valence-corrected chi connectivity index (χ0v) is 16.3. The number of rotatable bonds is 11. The van der Waals surface area contributed by atoms with E-state index in [1.165, 1.54) is 6.42 Å². The maximum Gasteiger partial charge on any atom is 0.470 e. The molecule has 0 aliphatic heterocycles. The highest BCUT2D eigenvalue weighted by Gasteiger charge is 2.50. The second kappa shape index (κ2) is 9.65. The van der Waals surface area contributed by atoms with Crippen LogP contribution >= 0.6 is 7.82 Å². The van der Waals surface area contributed by atoms with Crippen molar-refractivity contribution in [2.24, 2.45) is 0 Å². The van der Waals surface area contributed by atoms with Gasteiger partial charge in [-0.25, -0.2) is 4.57 Å². The molecule has 6 nitrogen and oxygen atoms in total. The van der Waals surface area contributed by atoms with E-state index in [1.807, 2.05) is 30.3 Å². The first kappa shape index (κ1) is 21.1. The molecule has 1 amide bonds. The molecule has 1 atom stereocenters. The summed E-state index contributed by atoms with van der Waals surface area (Å²) < 4.78 is 16.7. The van der Waals surface area contributed by atoms with Crippen LogP contribution in [0.25, 0.3) is 0 Å². The van der Waals surface area contributed by atoms with E-state index in [0.717, 1.165) is 37.7 Å². The lowest BCUT2D eigenvalue weighted by molar-refractivity contribution is -0.126. The summed E-state index contributed by atoms with van der Waals surface area (Å²) in [5.74, 6) is -0.101. The van der Waals surface area contributed by atoms with Gasteiger partial charge in [0.15, 0.2) is 0 Å². The Morgan fingerprint density at radius 3 is 2.38 bits per heavy atom. The number of amides is 1. The van der Waals surface area contributed by atoms with Crippen molar-refractivity contribution in [2.75, 3.05) is 0 Å². The highest BCUT2D eigenvalue weighted by Crippen LogP contribution is 2.54. The number of benzene rings is 1.